The minimum absolute atomic E-state index is 0.156. The second-order valence-electron chi connectivity index (χ2n) is 5.97. The maximum absolute atomic E-state index is 12.3. The Morgan fingerprint density at radius 3 is 2.72 bits per heavy atom. The molecule has 2 aromatic rings. The van der Waals surface area contributed by atoms with Gasteiger partial charge in [-0.15, -0.1) is 0 Å². The number of hydrogen-bond acceptors (Lipinski definition) is 2. The molecule has 1 aliphatic rings. The van der Waals surface area contributed by atoms with E-state index >= 15 is 0 Å². The Bertz CT molecular complexity index is 819. The topological polar surface area (TPSA) is 49.4 Å². The van der Waals surface area contributed by atoms with Crippen LogP contribution in [-0.2, 0) is 11.3 Å². The van der Waals surface area contributed by atoms with Crippen LogP contribution < -0.4 is 5.32 Å². The van der Waals surface area contributed by atoms with Crippen LogP contribution in [0.15, 0.2) is 54.6 Å². The summed E-state index contributed by atoms with van der Waals surface area (Å²) in [6, 6.07) is 17.1. The van der Waals surface area contributed by atoms with Crippen molar-refractivity contribution in [3.8, 4) is 11.8 Å². The Morgan fingerprint density at radius 1 is 1.12 bits per heavy atom. The smallest absolute Gasteiger partial charge is 0.252 e. The average Bonchev–Trinajstić information content (AvgIpc) is 3.04. The van der Waals surface area contributed by atoms with E-state index in [9.17, 15) is 9.59 Å². The van der Waals surface area contributed by atoms with Gasteiger partial charge in [0, 0.05) is 30.6 Å². The predicted molar refractivity (Wildman–Crippen MR) is 96.7 cm³/mol. The normalized spacial score (nSPS) is 13.3. The molecule has 0 aliphatic carbocycles. The molecule has 126 valence electrons. The van der Waals surface area contributed by atoms with Gasteiger partial charge in [0.15, 0.2) is 0 Å². The molecule has 1 saturated heterocycles. The first kappa shape index (κ1) is 16.8. The molecule has 0 radical (unpaired) electrons. The van der Waals surface area contributed by atoms with Crippen molar-refractivity contribution < 1.29 is 9.59 Å². The largest absolute Gasteiger partial charge is 0.341 e. The summed E-state index contributed by atoms with van der Waals surface area (Å²) >= 11 is 0. The van der Waals surface area contributed by atoms with Gasteiger partial charge >= 0.3 is 0 Å². The molecule has 4 nitrogen and oxygen atoms in total. The molecule has 0 saturated carbocycles. The van der Waals surface area contributed by atoms with E-state index < -0.39 is 0 Å². The van der Waals surface area contributed by atoms with Crippen LogP contribution in [0.3, 0.4) is 0 Å². The van der Waals surface area contributed by atoms with Gasteiger partial charge in [-0.05, 0) is 36.2 Å². The molecule has 1 aliphatic heterocycles. The number of rotatable bonds is 4. The predicted octanol–water partition coefficient (Wildman–Crippen LogP) is 2.59. The summed E-state index contributed by atoms with van der Waals surface area (Å²) in [6.45, 7) is 1.65. The average molecular weight is 332 g/mol. The first-order valence-corrected chi connectivity index (χ1v) is 8.41. The highest BCUT2D eigenvalue weighted by molar-refractivity contribution is 5.94. The molecule has 0 bridgehead atoms. The van der Waals surface area contributed by atoms with Crippen molar-refractivity contribution in [2.24, 2.45) is 0 Å². The second-order valence-corrected chi connectivity index (χ2v) is 5.97. The van der Waals surface area contributed by atoms with Crippen LogP contribution in [-0.4, -0.2) is 29.8 Å². The van der Waals surface area contributed by atoms with Crippen molar-refractivity contribution in [3.05, 3.63) is 71.3 Å². The fourth-order valence-electron chi connectivity index (χ4n) is 2.80. The summed E-state index contributed by atoms with van der Waals surface area (Å²) < 4.78 is 0. The van der Waals surface area contributed by atoms with Crippen LogP contribution in [0.2, 0.25) is 0 Å². The van der Waals surface area contributed by atoms with E-state index in [2.05, 4.69) is 17.2 Å². The second kappa shape index (κ2) is 8.16. The number of nitrogens with one attached hydrogen (secondary N) is 1. The third-order valence-corrected chi connectivity index (χ3v) is 4.08. The van der Waals surface area contributed by atoms with Gasteiger partial charge in [-0.25, -0.2) is 0 Å². The summed E-state index contributed by atoms with van der Waals surface area (Å²) in [4.78, 5) is 25.8. The van der Waals surface area contributed by atoms with E-state index in [1.54, 1.807) is 6.07 Å². The molecule has 0 unspecified atom stereocenters. The zero-order valence-corrected chi connectivity index (χ0v) is 14.0. The van der Waals surface area contributed by atoms with Gasteiger partial charge in [-0.1, -0.05) is 42.2 Å². The van der Waals surface area contributed by atoms with Crippen molar-refractivity contribution >= 4 is 11.8 Å². The van der Waals surface area contributed by atoms with Gasteiger partial charge in [0.05, 0.1) is 6.54 Å². The monoisotopic (exact) mass is 332 g/mol. The molecule has 2 aromatic carbocycles. The zero-order chi connectivity index (χ0) is 17.5. The Hall–Kier alpha value is -3.06. The van der Waals surface area contributed by atoms with E-state index in [0.717, 1.165) is 24.1 Å². The molecule has 3 rings (SSSR count). The number of carbonyl (C=O) groups is 2. The standard InChI is InChI=1S/C21H20N2O2/c24-20-12-6-14-23(20)16-18-9-4-11-19(15-18)21(25)22-13-5-10-17-7-2-1-3-8-17/h1-4,7-9,11,15H,6,12-14,16H2,(H,22,25). The van der Waals surface area contributed by atoms with Gasteiger partial charge in [-0.3, -0.25) is 9.59 Å². The van der Waals surface area contributed by atoms with Gasteiger partial charge in [0.2, 0.25) is 5.91 Å². The highest BCUT2D eigenvalue weighted by Gasteiger charge is 2.20. The minimum atomic E-state index is -0.156. The molecule has 25 heavy (non-hydrogen) atoms. The van der Waals surface area contributed by atoms with Gasteiger partial charge in [-0.2, -0.15) is 0 Å². The lowest BCUT2D eigenvalue weighted by Crippen LogP contribution is -2.25. The van der Waals surface area contributed by atoms with Crippen molar-refractivity contribution in [3.63, 3.8) is 0 Å². The Balaban J connectivity index is 1.56. The third-order valence-electron chi connectivity index (χ3n) is 4.08. The van der Waals surface area contributed by atoms with E-state index in [1.807, 2.05) is 53.4 Å². The number of benzene rings is 2. The fourth-order valence-corrected chi connectivity index (χ4v) is 2.80. The van der Waals surface area contributed by atoms with Crippen LogP contribution >= 0.6 is 0 Å². The first-order chi connectivity index (χ1) is 12.2. The van der Waals surface area contributed by atoms with Crippen LogP contribution in [0.4, 0.5) is 0 Å². The van der Waals surface area contributed by atoms with Crippen molar-refractivity contribution in [1.29, 1.82) is 0 Å². The van der Waals surface area contributed by atoms with Crippen molar-refractivity contribution in [2.45, 2.75) is 19.4 Å². The number of carbonyl (C=O) groups excluding carboxylic acids is 2. The maximum Gasteiger partial charge on any atom is 0.252 e. The summed E-state index contributed by atoms with van der Waals surface area (Å²) in [6.07, 6.45) is 1.54. The van der Waals surface area contributed by atoms with Crippen LogP contribution in [0.25, 0.3) is 0 Å². The Morgan fingerprint density at radius 2 is 1.96 bits per heavy atom. The maximum atomic E-state index is 12.3. The molecule has 0 spiro atoms. The number of likely N-dealkylation sites (tertiary alicyclic amines) is 1. The van der Waals surface area contributed by atoms with Crippen molar-refractivity contribution in [1.82, 2.24) is 10.2 Å². The summed E-state index contributed by atoms with van der Waals surface area (Å²) in [5, 5.41) is 2.81. The van der Waals surface area contributed by atoms with Crippen LogP contribution in [0, 0.1) is 11.8 Å². The number of hydrogen-bond donors (Lipinski definition) is 1. The molecule has 0 atom stereocenters. The summed E-state index contributed by atoms with van der Waals surface area (Å²) in [5.41, 5.74) is 2.48. The van der Waals surface area contributed by atoms with E-state index in [0.29, 0.717) is 25.1 Å². The minimum Gasteiger partial charge on any atom is -0.341 e. The van der Waals surface area contributed by atoms with E-state index in [4.69, 9.17) is 0 Å². The van der Waals surface area contributed by atoms with E-state index in [1.165, 1.54) is 0 Å². The molecule has 2 amide bonds. The highest BCUT2D eigenvalue weighted by Crippen LogP contribution is 2.15. The van der Waals surface area contributed by atoms with Gasteiger partial charge in [0.1, 0.15) is 0 Å². The summed E-state index contributed by atoms with van der Waals surface area (Å²) in [5.74, 6) is 5.98. The van der Waals surface area contributed by atoms with Crippen LogP contribution in [0.5, 0.6) is 0 Å². The molecule has 1 fully saturated rings. The Kier molecular flexibility index (Phi) is 5.48. The zero-order valence-electron chi connectivity index (χ0n) is 14.0. The molecule has 0 aromatic heterocycles. The third kappa shape index (κ3) is 4.71. The molecule has 1 heterocycles. The lowest BCUT2D eigenvalue weighted by atomic mass is 10.1. The first-order valence-electron chi connectivity index (χ1n) is 8.41. The van der Waals surface area contributed by atoms with Gasteiger partial charge in [0.25, 0.3) is 5.91 Å². The lowest BCUT2D eigenvalue weighted by Gasteiger charge is -2.15. The SMILES string of the molecule is O=C(NCC#Cc1ccccc1)c1cccc(CN2CCCC2=O)c1. The lowest BCUT2D eigenvalue weighted by molar-refractivity contribution is -0.128. The van der Waals surface area contributed by atoms with Crippen LogP contribution in [0.1, 0.15) is 34.3 Å². The number of amides is 2. The van der Waals surface area contributed by atoms with Crippen molar-refractivity contribution in [2.75, 3.05) is 13.1 Å². The molecule has 1 N–H and O–H groups in total. The molecular weight excluding hydrogens is 312 g/mol. The summed E-state index contributed by atoms with van der Waals surface area (Å²) in [7, 11) is 0. The van der Waals surface area contributed by atoms with Gasteiger partial charge < -0.3 is 10.2 Å². The molecular formula is C21H20N2O2. The Labute approximate surface area is 147 Å². The van der Waals surface area contributed by atoms with E-state index in [-0.39, 0.29) is 11.8 Å². The number of nitrogens with zero attached hydrogens (tertiary/aromatic N) is 1. The quantitative estimate of drug-likeness (QED) is 0.875. The molecule has 4 heteroatoms. The highest BCUT2D eigenvalue weighted by atomic mass is 16.2. The fraction of sp³-hybridized carbons (Fsp3) is 0.238.